The van der Waals surface area contributed by atoms with Gasteiger partial charge in [-0.25, -0.2) is 0 Å². The van der Waals surface area contributed by atoms with Gasteiger partial charge in [-0.05, 0) is 34.9 Å². The summed E-state index contributed by atoms with van der Waals surface area (Å²) in [4.78, 5) is 0. The second kappa shape index (κ2) is 3.25. The molecule has 2 unspecified atom stereocenters. The minimum absolute atomic E-state index is 0.516. The molecule has 1 aliphatic heterocycles. The number of halogens is 1. The first-order chi connectivity index (χ1) is 5.36. The molecular formula is C8H11IN2. The van der Waals surface area contributed by atoms with Gasteiger partial charge in [0.2, 0.25) is 0 Å². The summed E-state index contributed by atoms with van der Waals surface area (Å²) in [6, 6.07) is 0.516. The molecule has 2 N–H and O–H groups in total. The molecule has 2 nitrogen and oxygen atoms in total. The van der Waals surface area contributed by atoms with Gasteiger partial charge in [-0.1, -0.05) is 18.2 Å². The lowest BCUT2D eigenvalue weighted by atomic mass is 9.91. The van der Waals surface area contributed by atoms with Crippen molar-refractivity contribution in [3.63, 3.8) is 0 Å². The highest BCUT2D eigenvalue weighted by atomic mass is 127. The Balaban J connectivity index is 2.13. The molecule has 0 amide bonds. The number of nitrogens with one attached hydrogen (secondary N) is 2. The first kappa shape index (κ1) is 7.76. The van der Waals surface area contributed by atoms with Crippen LogP contribution in [0.2, 0.25) is 0 Å². The van der Waals surface area contributed by atoms with E-state index in [0.717, 1.165) is 6.54 Å². The summed E-state index contributed by atoms with van der Waals surface area (Å²) in [5, 5.41) is 0. The Kier molecular flexibility index (Phi) is 2.29. The van der Waals surface area contributed by atoms with Crippen molar-refractivity contribution >= 4 is 22.6 Å². The molecule has 0 spiro atoms. The lowest BCUT2D eigenvalue weighted by Gasteiger charge is -2.31. The summed E-state index contributed by atoms with van der Waals surface area (Å²) < 4.78 is 1.37. The molecule has 1 fully saturated rings. The van der Waals surface area contributed by atoms with Gasteiger partial charge in [-0.3, -0.25) is 10.9 Å². The van der Waals surface area contributed by atoms with Crippen LogP contribution in [0.5, 0.6) is 0 Å². The molecule has 1 aliphatic carbocycles. The molecule has 2 aliphatic rings. The highest BCUT2D eigenvalue weighted by Gasteiger charge is 2.22. The molecule has 60 valence electrons. The van der Waals surface area contributed by atoms with Crippen molar-refractivity contribution in [2.24, 2.45) is 5.92 Å². The average Bonchev–Trinajstić information content (AvgIpc) is 2.04. The fourth-order valence-corrected chi connectivity index (χ4v) is 2.22. The van der Waals surface area contributed by atoms with Crippen molar-refractivity contribution < 1.29 is 0 Å². The molecule has 2 rings (SSSR count). The van der Waals surface area contributed by atoms with E-state index in [9.17, 15) is 0 Å². The van der Waals surface area contributed by atoms with Gasteiger partial charge in [0.25, 0.3) is 0 Å². The van der Waals surface area contributed by atoms with Crippen LogP contribution in [0, 0.1) is 5.92 Å². The van der Waals surface area contributed by atoms with Crippen molar-refractivity contribution in [2.75, 3.05) is 6.54 Å². The smallest absolute Gasteiger partial charge is 0.0459 e. The van der Waals surface area contributed by atoms with E-state index in [1.165, 1.54) is 10.0 Å². The third kappa shape index (κ3) is 1.65. The number of rotatable bonds is 0. The third-order valence-corrected chi connectivity index (χ3v) is 2.89. The number of hydrogen-bond acceptors (Lipinski definition) is 2. The standard InChI is InChI=1S/C8H11IN2/c9-7-1-2-8-6(5-7)3-4-10-11-8/h1-2,5-6,8,10-11H,3-4H2. The molecule has 1 heterocycles. The van der Waals surface area contributed by atoms with Crippen molar-refractivity contribution in [2.45, 2.75) is 12.5 Å². The zero-order valence-electron chi connectivity index (χ0n) is 6.18. The lowest BCUT2D eigenvalue weighted by Crippen LogP contribution is -2.50. The van der Waals surface area contributed by atoms with Gasteiger partial charge in [-0.2, -0.15) is 0 Å². The fourth-order valence-electron chi connectivity index (χ4n) is 1.55. The van der Waals surface area contributed by atoms with E-state index in [4.69, 9.17) is 0 Å². The van der Waals surface area contributed by atoms with Gasteiger partial charge in [0, 0.05) is 16.2 Å². The Hall–Kier alpha value is 0.130. The van der Waals surface area contributed by atoms with Crippen LogP contribution in [0.15, 0.2) is 21.8 Å². The molecule has 2 atom stereocenters. The SMILES string of the molecule is IC1=CC2CCNNC2C=C1. The van der Waals surface area contributed by atoms with Crippen LogP contribution in [-0.2, 0) is 0 Å². The molecule has 0 bridgehead atoms. The minimum Gasteiger partial charge on any atom is -0.257 e. The van der Waals surface area contributed by atoms with Crippen LogP contribution >= 0.6 is 22.6 Å². The van der Waals surface area contributed by atoms with Gasteiger partial charge >= 0.3 is 0 Å². The largest absolute Gasteiger partial charge is 0.257 e. The van der Waals surface area contributed by atoms with Gasteiger partial charge < -0.3 is 0 Å². The highest BCUT2D eigenvalue weighted by molar-refractivity contribution is 14.1. The number of fused-ring (bicyclic) bond motifs is 1. The van der Waals surface area contributed by atoms with Crippen molar-refractivity contribution in [3.05, 3.63) is 21.8 Å². The van der Waals surface area contributed by atoms with E-state index in [0.29, 0.717) is 12.0 Å². The molecular weight excluding hydrogens is 251 g/mol. The third-order valence-electron chi connectivity index (χ3n) is 2.17. The molecule has 1 saturated heterocycles. The number of allylic oxidation sites excluding steroid dienone is 2. The quantitative estimate of drug-likeness (QED) is 0.644. The van der Waals surface area contributed by atoms with Crippen LogP contribution in [0.3, 0.4) is 0 Å². The van der Waals surface area contributed by atoms with Gasteiger partial charge in [-0.15, -0.1) is 0 Å². The average molecular weight is 262 g/mol. The highest BCUT2D eigenvalue weighted by Crippen LogP contribution is 2.24. The Morgan fingerprint density at radius 2 is 2.45 bits per heavy atom. The minimum atomic E-state index is 0.516. The first-order valence-electron chi connectivity index (χ1n) is 3.90. The van der Waals surface area contributed by atoms with E-state index in [2.05, 4.69) is 51.7 Å². The van der Waals surface area contributed by atoms with E-state index in [1.807, 2.05) is 0 Å². The normalized spacial score (nSPS) is 36.3. The maximum Gasteiger partial charge on any atom is 0.0459 e. The van der Waals surface area contributed by atoms with Gasteiger partial charge in [0.1, 0.15) is 0 Å². The zero-order chi connectivity index (χ0) is 7.68. The Morgan fingerprint density at radius 3 is 3.36 bits per heavy atom. The van der Waals surface area contributed by atoms with Crippen LogP contribution in [0.4, 0.5) is 0 Å². The van der Waals surface area contributed by atoms with E-state index >= 15 is 0 Å². The number of hydrogen-bond donors (Lipinski definition) is 2. The maximum absolute atomic E-state index is 3.26. The van der Waals surface area contributed by atoms with Gasteiger partial charge in [0.15, 0.2) is 0 Å². The molecule has 0 aromatic carbocycles. The second-order valence-electron chi connectivity index (χ2n) is 2.96. The summed E-state index contributed by atoms with van der Waals surface area (Å²) >= 11 is 2.37. The monoisotopic (exact) mass is 262 g/mol. The predicted molar refractivity (Wildman–Crippen MR) is 54.3 cm³/mol. The first-order valence-corrected chi connectivity index (χ1v) is 4.98. The van der Waals surface area contributed by atoms with Crippen molar-refractivity contribution in [3.8, 4) is 0 Å². The Labute approximate surface area is 80.2 Å². The van der Waals surface area contributed by atoms with Crippen molar-refractivity contribution in [1.82, 2.24) is 10.9 Å². The molecule has 0 saturated carbocycles. The summed E-state index contributed by atoms with van der Waals surface area (Å²) in [6.45, 7) is 1.08. The van der Waals surface area contributed by atoms with Gasteiger partial charge in [0.05, 0.1) is 0 Å². The number of hydrazine groups is 1. The topological polar surface area (TPSA) is 24.1 Å². The summed E-state index contributed by atoms with van der Waals surface area (Å²) in [7, 11) is 0. The molecule has 0 aromatic heterocycles. The predicted octanol–water partition coefficient (Wildman–Crippen LogP) is 1.36. The summed E-state index contributed by atoms with van der Waals surface area (Å²) in [5.74, 6) is 0.702. The summed E-state index contributed by atoms with van der Waals surface area (Å²) in [6.07, 6.45) is 7.99. The van der Waals surface area contributed by atoms with Crippen LogP contribution in [0.25, 0.3) is 0 Å². The van der Waals surface area contributed by atoms with E-state index in [-0.39, 0.29) is 0 Å². The fraction of sp³-hybridized carbons (Fsp3) is 0.500. The lowest BCUT2D eigenvalue weighted by molar-refractivity contribution is 0.322. The van der Waals surface area contributed by atoms with Crippen LogP contribution in [0.1, 0.15) is 6.42 Å². The Bertz CT molecular complexity index is 210. The zero-order valence-corrected chi connectivity index (χ0v) is 8.34. The molecule has 11 heavy (non-hydrogen) atoms. The Morgan fingerprint density at radius 1 is 1.55 bits per heavy atom. The van der Waals surface area contributed by atoms with E-state index in [1.54, 1.807) is 0 Å². The molecule has 3 heteroatoms. The maximum atomic E-state index is 3.26. The summed E-state index contributed by atoms with van der Waals surface area (Å²) in [5.41, 5.74) is 6.42. The van der Waals surface area contributed by atoms with Crippen molar-refractivity contribution in [1.29, 1.82) is 0 Å². The molecule has 0 aromatic rings. The van der Waals surface area contributed by atoms with Crippen LogP contribution < -0.4 is 10.9 Å². The van der Waals surface area contributed by atoms with Crippen LogP contribution in [-0.4, -0.2) is 12.6 Å². The molecule has 0 radical (unpaired) electrons. The second-order valence-corrected chi connectivity index (χ2v) is 4.21. The van der Waals surface area contributed by atoms with E-state index < -0.39 is 0 Å².